The van der Waals surface area contributed by atoms with E-state index in [-0.39, 0.29) is 99.3 Å². The molecule has 0 aromatic carbocycles. The molecule has 6 rings (SSSR count). The third kappa shape index (κ3) is 20.3. The molecule has 1 N–H and O–H groups in total. The van der Waals surface area contributed by atoms with Gasteiger partial charge >= 0.3 is 35.8 Å². The van der Waals surface area contributed by atoms with Crippen molar-refractivity contribution in [2.45, 2.75) is 292 Å². The number of fused-ring (bicyclic) bond motifs is 7. The molecule has 79 heavy (non-hydrogen) atoms. The lowest BCUT2D eigenvalue weighted by atomic mass is 9.63. The number of carbonyl (C=O) groups is 6. The van der Waals surface area contributed by atoms with Gasteiger partial charge in [-0.1, -0.05) is 104 Å². The highest BCUT2D eigenvalue weighted by molar-refractivity contribution is 7.92. The summed E-state index contributed by atoms with van der Waals surface area (Å²) in [5, 5.41) is 8.10. The van der Waals surface area contributed by atoms with Crippen LogP contribution in [0.25, 0.3) is 0 Å². The van der Waals surface area contributed by atoms with E-state index in [9.17, 15) is 37.2 Å². The first kappa shape index (κ1) is 80.0. The Morgan fingerprint density at radius 3 is 1.62 bits per heavy atom. The second-order valence-electron chi connectivity index (χ2n) is 27.0. The number of carboxylic acids is 1. The number of cyclic esters (lactones) is 1. The largest absolute Gasteiger partial charge is 0.481 e. The summed E-state index contributed by atoms with van der Waals surface area (Å²) < 4.78 is 54.9. The zero-order valence-corrected chi connectivity index (χ0v) is 51.5. The molecule has 14 nitrogen and oxygen atoms in total. The van der Waals surface area contributed by atoms with Gasteiger partial charge in [-0.05, 0) is 183 Å². The van der Waals surface area contributed by atoms with Gasteiger partial charge in [0.25, 0.3) is 0 Å². The number of hydrogen-bond acceptors (Lipinski definition) is 13. The summed E-state index contributed by atoms with van der Waals surface area (Å²) in [5.41, 5.74) is -5.02. The monoisotopic (exact) mass is 1150 g/mol. The van der Waals surface area contributed by atoms with Gasteiger partial charge in [-0.3, -0.25) is 28.8 Å². The predicted octanol–water partition coefficient (Wildman–Crippen LogP) is 15.6. The van der Waals surface area contributed by atoms with Crippen LogP contribution in [0, 0.1) is 62.6 Å². The van der Waals surface area contributed by atoms with Crippen LogP contribution in [0.5, 0.6) is 0 Å². The van der Waals surface area contributed by atoms with Crippen molar-refractivity contribution in [3.63, 3.8) is 0 Å². The fourth-order valence-corrected chi connectivity index (χ4v) is 14.2. The van der Waals surface area contributed by atoms with Crippen molar-refractivity contribution >= 4 is 45.7 Å². The van der Waals surface area contributed by atoms with E-state index in [1.165, 1.54) is 26.4 Å². The molecular weight excluding hydrogens is 1020 g/mol. The van der Waals surface area contributed by atoms with Gasteiger partial charge in [0.1, 0.15) is 16.8 Å². The van der Waals surface area contributed by atoms with Crippen LogP contribution in [0.4, 0.5) is 0 Å². The molecule has 0 aromatic heterocycles. The Morgan fingerprint density at radius 2 is 1.22 bits per heavy atom. The van der Waals surface area contributed by atoms with E-state index in [0.29, 0.717) is 56.3 Å². The average Bonchev–Trinajstić information content (AvgIpc) is 4.14. The third-order valence-corrected chi connectivity index (χ3v) is 21.2. The zero-order chi connectivity index (χ0) is 58.0. The molecule has 1 heterocycles. The molecule has 5 saturated carbocycles. The minimum absolute atomic E-state index is 0. The zero-order valence-electron chi connectivity index (χ0n) is 50.6. The summed E-state index contributed by atoms with van der Waals surface area (Å²) in [6.45, 7) is 36.9. The summed E-state index contributed by atoms with van der Waals surface area (Å²) in [4.78, 5) is 70.4. The Morgan fingerprint density at radius 1 is 0.709 bits per heavy atom. The van der Waals surface area contributed by atoms with E-state index < -0.39 is 49.2 Å². The van der Waals surface area contributed by atoms with Gasteiger partial charge in [-0.15, -0.1) is 0 Å². The number of sulfone groups is 1. The first-order chi connectivity index (χ1) is 34.2. The van der Waals surface area contributed by atoms with Gasteiger partial charge in [0.15, 0.2) is 9.84 Å². The maximum absolute atomic E-state index is 13.9. The minimum atomic E-state index is -3.44. The molecule has 8 atom stereocenters. The first-order valence-electron chi connectivity index (χ1n) is 28.6. The topological polar surface area (TPSA) is 203 Å². The molecular formula is C64H122O14S. The van der Waals surface area contributed by atoms with Crippen LogP contribution in [-0.4, -0.2) is 90.9 Å². The number of hydrogen-bond donors (Lipinski definition) is 1. The maximum Gasteiger partial charge on any atom is 0.312 e. The molecule has 0 amide bonds. The van der Waals surface area contributed by atoms with Crippen molar-refractivity contribution in [1.29, 1.82) is 0 Å². The van der Waals surface area contributed by atoms with Crippen molar-refractivity contribution in [2.24, 2.45) is 62.6 Å². The molecule has 6 aliphatic rings. The molecule has 5 aliphatic carbocycles. The van der Waals surface area contributed by atoms with Gasteiger partial charge in [-0.25, -0.2) is 8.42 Å². The smallest absolute Gasteiger partial charge is 0.312 e. The summed E-state index contributed by atoms with van der Waals surface area (Å²) in [5.74, 6) is 1.03. The van der Waals surface area contributed by atoms with Crippen molar-refractivity contribution in [3.8, 4) is 0 Å². The Balaban J connectivity index is -0.00000107. The van der Waals surface area contributed by atoms with E-state index >= 15 is 0 Å². The van der Waals surface area contributed by atoms with E-state index in [4.69, 9.17) is 24.1 Å². The Labute approximate surface area is 484 Å². The van der Waals surface area contributed by atoms with Crippen LogP contribution < -0.4 is 0 Å². The quantitative estimate of drug-likeness (QED) is 0.113. The second kappa shape index (κ2) is 31.4. The van der Waals surface area contributed by atoms with Gasteiger partial charge < -0.3 is 28.8 Å². The standard InChI is InChI=1S/C28H48O6S.C11H22O2.C9H12O2.2C6H12O2.4CH4/c1-9-25(5,6)23(30)34-28(18-22(29)33-24(2,3)4)17-20-15-16-27(28,26(20,7)8)19-35(31,32)21-13-11-10-12-14-21;1-7-10(3,4)9(12)13-11(5,6)8-2;10-9-8-6-2-1-5(3-6)7(8)4-11-9;1-4-6(2,3)5(7)8;1-4-5(2)6(7)8-3;;;;/h20-21H,9-19H2,1-8H3;7-8H2,1-6H3;5-8H,1-4H2;4H2,1-3H3,(H,7,8);5H,4H2,1-3H3;4*1H4. The Bertz CT molecular complexity index is 2040. The highest BCUT2D eigenvalue weighted by Gasteiger charge is 2.75. The molecule has 0 aromatic rings. The van der Waals surface area contributed by atoms with E-state index in [2.05, 4.69) is 18.6 Å². The van der Waals surface area contributed by atoms with Crippen LogP contribution in [0.1, 0.15) is 270 Å². The Kier molecular flexibility index (Phi) is 31.8. The summed E-state index contributed by atoms with van der Waals surface area (Å²) >= 11 is 0. The van der Waals surface area contributed by atoms with Crippen LogP contribution in [-0.2, 0) is 62.3 Å². The number of carbonyl (C=O) groups excluding carboxylic acids is 5. The van der Waals surface area contributed by atoms with Crippen LogP contribution in [0.15, 0.2) is 0 Å². The van der Waals surface area contributed by atoms with Gasteiger partial charge in [0, 0.05) is 11.3 Å². The fraction of sp³-hybridized carbons (Fsp3) is 0.906. The lowest BCUT2D eigenvalue weighted by Gasteiger charge is -2.50. The summed E-state index contributed by atoms with van der Waals surface area (Å²) in [7, 11) is -2.03. The lowest BCUT2D eigenvalue weighted by Crippen LogP contribution is -2.58. The highest BCUT2D eigenvalue weighted by atomic mass is 32.2. The molecule has 1 saturated heterocycles. The molecule has 6 fully saturated rings. The minimum Gasteiger partial charge on any atom is -0.481 e. The summed E-state index contributed by atoms with van der Waals surface area (Å²) in [6.07, 6.45) is 14.0. The van der Waals surface area contributed by atoms with E-state index in [0.717, 1.165) is 57.5 Å². The molecule has 4 bridgehead atoms. The average molecular weight is 1150 g/mol. The van der Waals surface area contributed by atoms with Crippen molar-refractivity contribution in [2.75, 3.05) is 19.5 Å². The predicted molar refractivity (Wildman–Crippen MR) is 321 cm³/mol. The lowest BCUT2D eigenvalue weighted by molar-refractivity contribution is -0.197. The molecule has 0 radical (unpaired) electrons. The number of ether oxygens (including phenoxy) is 5. The van der Waals surface area contributed by atoms with Crippen molar-refractivity contribution in [3.05, 3.63) is 0 Å². The van der Waals surface area contributed by atoms with Crippen molar-refractivity contribution in [1.82, 2.24) is 0 Å². The number of esters is 5. The molecule has 1 aliphatic heterocycles. The number of methoxy groups -OCH3 is 1. The summed E-state index contributed by atoms with van der Waals surface area (Å²) in [6, 6.07) is 0. The number of aliphatic carboxylic acids is 1. The first-order valence-corrected chi connectivity index (χ1v) is 30.3. The Hall–Kier alpha value is -3.23. The molecule has 0 spiro atoms. The van der Waals surface area contributed by atoms with Crippen LogP contribution in [0.2, 0.25) is 0 Å². The second-order valence-corrected chi connectivity index (χ2v) is 29.2. The van der Waals surface area contributed by atoms with Gasteiger partial charge in [0.05, 0.1) is 59.2 Å². The molecule has 468 valence electrons. The third-order valence-electron chi connectivity index (χ3n) is 18.8. The molecule has 15 heteroatoms. The fourth-order valence-electron chi connectivity index (χ4n) is 11.4. The highest BCUT2D eigenvalue weighted by Crippen LogP contribution is 2.72. The van der Waals surface area contributed by atoms with Crippen LogP contribution >= 0.6 is 0 Å². The van der Waals surface area contributed by atoms with E-state index in [1.807, 2.05) is 104 Å². The SMILES string of the molecule is C.C.C.C.CCC(C)(C)C(=O)O.CCC(C)(C)C(=O)OC1(CC(=O)OC(C)(C)C)CC2CCC1(CS(=O)(=O)C1CCCCC1)C2(C)C.CCC(C)(C)OC(=O)C(C)(C)CC.CCC(C)C(=O)OC.O=C1OCC2C3CCC(C3)C12. The van der Waals surface area contributed by atoms with Gasteiger partial charge in [0.2, 0.25) is 0 Å². The van der Waals surface area contributed by atoms with Crippen molar-refractivity contribution < 1.29 is 66.0 Å². The molecule has 8 unspecified atom stereocenters. The van der Waals surface area contributed by atoms with Crippen LogP contribution in [0.3, 0.4) is 0 Å². The maximum atomic E-state index is 13.9. The normalized spacial score (nSPS) is 25.8. The number of rotatable bonds is 16. The van der Waals surface area contributed by atoms with E-state index in [1.54, 1.807) is 13.8 Å². The van der Waals surface area contributed by atoms with Gasteiger partial charge in [-0.2, -0.15) is 0 Å². The number of carboxylic acid groups (broad SMARTS) is 1.